The van der Waals surface area contributed by atoms with Crippen LogP contribution < -0.4 is 15.6 Å². The topological polar surface area (TPSA) is 158 Å². The number of ether oxygens (including phenoxy) is 3. The molecule has 5 rings (SSSR count). The van der Waals surface area contributed by atoms with Crippen molar-refractivity contribution in [3.05, 3.63) is 39.4 Å². The van der Waals surface area contributed by atoms with E-state index in [-0.39, 0.29) is 41.1 Å². The van der Waals surface area contributed by atoms with Crippen molar-refractivity contribution in [1.29, 1.82) is 0 Å². The van der Waals surface area contributed by atoms with Gasteiger partial charge in [0.15, 0.2) is 11.5 Å². The van der Waals surface area contributed by atoms with Crippen molar-refractivity contribution in [3.63, 3.8) is 0 Å². The summed E-state index contributed by atoms with van der Waals surface area (Å²) in [5.41, 5.74) is -0.151. The average Bonchev–Trinajstić information content (AvgIpc) is 3.38. The maximum Gasteiger partial charge on any atom is 0.341 e. The Labute approximate surface area is 234 Å². The highest BCUT2D eigenvalue weighted by atomic mass is 32.1. The standard InChI is InChI=1S/C26H32N6O7S/c1-15-9-20(31-11-16(12-31)24(34)27-10-17-5-3-4-6-39-17)29-23-21(15)22(33)18(25(35)36)13-32(23)26-28-19(30-40-26)14-38-8-7-37-2/h9,13,16-17H,3-8,10-12,14H2,1-2H3,(H,27,34)(H,35,36). The number of rotatable bonds is 11. The van der Waals surface area contributed by atoms with E-state index in [9.17, 15) is 19.5 Å². The van der Waals surface area contributed by atoms with Crippen LogP contribution in [0.2, 0.25) is 0 Å². The first-order valence-electron chi connectivity index (χ1n) is 13.2. The van der Waals surface area contributed by atoms with Gasteiger partial charge in [0.1, 0.15) is 18.0 Å². The summed E-state index contributed by atoms with van der Waals surface area (Å²) >= 11 is 1.05. The third-order valence-electron chi connectivity index (χ3n) is 7.05. The Kier molecular flexibility index (Phi) is 8.69. The maximum atomic E-state index is 13.1. The van der Waals surface area contributed by atoms with Gasteiger partial charge in [-0.1, -0.05) is 0 Å². The largest absolute Gasteiger partial charge is 0.477 e. The second kappa shape index (κ2) is 12.4. The summed E-state index contributed by atoms with van der Waals surface area (Å²) in [4.78, 5) is 48.9. The highest BCUT2D eigenvalue weighted by Crippen LogP contribution is 2.28. The zero-order valence-corrected chi connectivity index (χ0v) is 23.2. The Morgan fingerprint density at radius 3 is 2.80 bits per heavy atom. The van der Waals surface area contributed by atoms with E-state index < -0.39 is 11.4 Å². The molecule has 2 fully saturated rings. The number of hydrogen-bond acceptors (Lipinski definition) is 11. The molecule has 14 heteroatoms. The Morgan fingerprint density at radius 1 is 1.25 bits per heavy atom. The van der Waals surface area contributed by atoms with E-state index in [4.69, 9.17) is 19.2 Å². The van der Waals surface area contributed by atoms with Gasteiger partial charge < -0.3 is 29.5 Å². The van der Waals surface area contributed by atoms with Crippen LogP contribution in [-0.4, -0.2) is 88.6 Å². The number of carbonyl (C=O) groups is 2. The van der Waals surface area contributed by atoms with E-state index in [1.807, 2.05) is 4.90 Å². The molecule has 0 spiro atoms. The number of aromatic carboxylic acids is 1. The summed E-state index contributed by atoms with van der Waals surface area (Å²) in [6.45, 7) is 4.93. The highest BCUT2D eigenvalue weighted by molar-refractivity contribution is 7.08. The minimum absolute atomic E-state index is 0.0138. The van der Waals surface area contributed by atoms with Crippen molar-refractivity contribution in [2.75, 3.05) is 51.5 Å². The van der Waals surface area contributed by atoms with Crippen molar-refractivity contribution >= 4 is 40.3 Å². The van der Waals surface area contributed by atoms with Crippen LogP contribution in [0.15, 0.2) is 17.1 Å². The average molecular weight is 573 g/mol. The fraction of sp³-hybridized carbons (Fsp3) is 0.538. The Bertz CT molecular complexity index is 1450. The second-order valence-electron chi connectivity index (χ2n) is 9.92. The fourth-order valence-electron chi connectivity index (χ4n) is 4.80. The smallest absolute Gasteiger partial charge is 0.341 e. The number of nitrogens with one attached hydrogen (secondary N) is 1. The van der Waals surface area contributed by atoms with E-state index in [1.165, 1.54) is 10.8 Å². The monoisotopic (exact) mass is 572 g/mol. The number of nitrogens with zero attached hydrogens (tertiary/aromatic N) is 5. The van der Waals surface area contributed by atoms with Crippen LogP contribution >= 0.6 is 11.5 Å². The maximum absolute atomic E-state index is 13.1. The molecule has 1 amide bonds. The molecule has 0 aromatic carbocycles. The van der Waals surface area contributed by atoms with Gasteiger partial charge in [-0.15, -0.1) is 0 Å². The molecule has 0 aliphatic carbocycles. The van der Waals surface area contributed by atoms with Gasteiger partial charge in [-0.2, -0.15) is 4.37 Å². The number of carboxylic acids is 1. The summed E-state index contributed by atoms with van der Waals surface area (Å²) in [5, 5.41) is 13.3. The van der Waals surface area contributed by atoms with Crippen LogP contribution in [-0.2, 0) is 25.6 Å². The molecule has 0 bridgehead atoms. The van der Waals surface area contributed by atoms with Gasteiger partial charge in [0, 0.05) is 51.1 Å². The van der Waals surface area contributed by atoms with E-state index in [2.05, 4.69) is 14.7 Å². The predicted molar refractivity (Wildman–Crippen MR) is 146 cm³/mol. The lowest BCUT2D eigenvalue weighted by atomic mass is 9.98. The SMILES string of the molecule is COCCOCc1nsc(-n2cc(C(=O)O)c(=O)c3c(C)cc(N4CC(C(=O)NCC5CCCCO5)C4)nc32)n1. The number of fused-ring (bicyclic) bond motifs is 1. The molecule has 3 aromatic heterocycles. The lowest BCUT2D eigenvalue weighted by Crippen LogP contribution is -2.55. The summed E-state index contributed by atoms with van der Waals surface area (Å²) < 4.78 is 22.0. The molecule has 1 atom stereocenters. The van der Waals surface area contributed by atoms with Crippen molar-refractivity contribution in [1.82, 2.24) is 24.2 Å². The number of carboxylic acid groups (broad SMARTS) is 1. The van der Waals surface area contributed by atoms with Crippen LogP contribution in [0.3, 0.4) is 0 Å². The van der Waals surface area contributed by atoms with E-state index in [0.29, 0.717) is 55.2 Å². The number of carbonyl (C=O) groups excluding carboxylic acids is 1. The summed E-state index contributed by atoms with van der Waals surface area (Å²) in [6, 6.07) is 1.75. The van der Waals surface area contributed by atoms with Gasteiger partial charge in [0.05, 0.1) is 30.6 Å². The molecular weight excluding hydrogens is 540 g/mol. The quantitative estimate of drug-likeness (QED) is 0.321. The third-order valence-corrected chi connectivity index (χ3v) is 7.81. The first-order valence-corrected chi connectivity index (χ1v) is 14.0. The molecular formula is C26H32N6O7S. The van der Waals surface area contributed by atoms with E-state index in [1.54, 1.807) is 20.1 Å². The van der Waals surface area contributed by atoms with Crippen molar-refractivity contribution in [2.45, 2.75) is 38.9 Å². The van der Waals surface area contributed by atoms with Crippen molar-refractivity contribution < 1.29 is 28.9 Å². The lowest BCUT2D eigenvalue weighted by molar-refractivity contribution is -0.126. The van der Waals surface area contributed by atoms with Crippen LogP contribution in [0.4, 0.5) is 5.82 Å². The first-order chi connectivity index (χ1) is 19.4. The van der Waals surface area contributed by atoms with Crippen LogP contribution in [0, 0.1) is 12.8 Å². The minimum atomic E-state index is -1.34. The van der Waals surface area contributed by atoms with E-state index in [0.717, 1.165) is 37.4 Å². The number of methoxy groups -OCH3 is 1. The van der Waals surface area contributed by atoms with E-state index >= 15 is 0 Å². The van der Waals surface area contributed by atoms with Crippen LogP contribution in [0.1, 0.15) is 41.0 Å². The number of hydrogen-bond donors (Lipinski definition) is 2. The zero-order chi connectivity index (χ0) is 28.2. The Morgan fingerprint density at radius 2 is 2.08 bits per heavy atom. The molecule has 5 heterocycles. The zero-order valence-electron chi connectivity index (χ0n) is 22.4. The fourth-order valence-corrected chi connectivity index (χ4v) is 5.46. The molecule has 40 heavy (non-hydrogen) atoms. The second-order valence-corrected chi connectivity index (χ2v) is 10.6. The number of amides is 1. The summed E-state index contributed by atoms with van der Waals surface area (Å²) in [7, 11) is 1.58. The molecule has 2 N–H and O–H groups in total. The van der Waals surface area contributed by atoms with Gasteiger partial charge in [-0.25, -0.2) is 14.8 Å². The molecule has 13 nitrogen and oxygen atoms in total. The number of aryl methyl sites for hydroxylation is 1. The van der Waals surface area contributed by atoms with Gasteiger partial charge in [0.25, 0.3) is 0 Å². The molecule has 214 valence electrons. The predicted octanol–water partition coefficient (Wildman–Crippen LogP) is 1.53. The Balaban J connectivity index is 1.37. The van der Waals surface area contributed by atoms with Crippen molar-refractivity contribution in [3.8, 4) is 5.13 Å². The molecule has 2 aliphatic heterocycles. The molecule has 2 saturated heterocycles. The number of anilines is 1. The highest BCUT2D eigenvalue weighted by Gasteiger charge is 2.34. The summed E-state index contributed by atoms with van der Waals surface area (Å²) in [5.74, 6) is -0.523. The third kappa shape index (κ3) is 5.99. The molecule has 0 saturated carbocycles. The molecule has 1 unspecified atom stereocenters. The van der Waals surface area contributed by atoms with Gasteiger partial charge in [0.2, 0.25) is 16.5 Å². The lowest BCUT2D eigenvalue weighted by Gasteiger charge is -2.39. The van der Waals surface area contributed by atoms with Crippen molar-refractivity contribution in [2.24, 2.45) is 5.92 Å². The Hall–Kier alpha value is -3.46. The first kappa shape index (κ1) is 28.1. The molecule has 2 aliphatic rings. The van der Waals surface area contributed by atoms with Gasteiger partial charge in [-0.3, -0.25) is 14.2 Å². The van der Waals surface area contributed by atoms with Gasteiger partial charge in [-0.05, 0) is 37.8 Å². The number of pyridine rings is 2. The van der Waals surface area contributed by atoms with Crippen LogP contribution in [0.25, 0.3) is 16.2 Å². The number of aromatic nitrogens is 4. The molecule has 0 radical (unpaired) electrons. The van der Waals surface area contributed by atoms with Crippen LogP contribution in [0.5, 0.6) is 0 Å². The normalized spacial score (nSPS) is 17.6. The summed E-state index contributed by atoms with van der Waals surface area (Å²) in [6.07, 6.45) is 4.45. The molecule has 3 aromatic rings. The minimum Gasteiger partial charge on any atom is -0.477 e. The van der Waals surface area contributed by atoms with Gasteiger partial charge >= 0.3 is 5.97 Å².